The molecule has 31 heavy (non-hydrogen) atoms. The predicted molar refractivity (Wildman–Crippen MR) is 132 cm³/mol. The number of hydrogen-bond acceptors (Lipinski definition) is 3. The van der Waals surface area contributed by atoms with Crippen LogP contribution in [0.2, 0.25) is 0 Å². The molecule has 0 saturated carbocycles. The summed E-state index contributed by atoms with van der Waals surface area (Å²) in [6.07, 6.45) is 0.894. The molecule has 0 radical (unpaired) electrons. The molecule has 4 heteroatoms. The van der Waals surface area contributed by atoms with Crippen LogP contribution < -0.4 is 15.9 Å². The number of ether oxygens (including phenoxy) is 1. The Bertz CT molecular complexity index is 967. The standard InChI is InChI=1S/C27H31O3P/c1-6-31(19-27(29)30-23(5)28,24-13-7-20(2)8-14-24,25-15-9-21(3)10-16-25)26-17-11-22(4)12-18-26/h7-18H,6,19H2,1-5H3. The van der Waals surface area contributed by atoms with Gasteiger partial charge in [-0.25, -0.2) is 0 Å². The number of esters is 2. The van der Waals surface area contributed by atoms with Crippen molar-refractivity contribution in [3.63, 3.8) is 0 Å². The molecule has 0 unspecified atom stereocenters. The fourth-order valence-electron chi connectivity index (χ4n) is 4.57. The summed E-state index contributed by atoms with van der Waals surface area (Å²) < 4.78 is 5.12. The van der Waals surface area contributed by atoms with Gasteiger partial charge in [0.25, 0.3) is 0 Å². The molecule has 0 bridgehead atoms. The first-order valence-corrected chi connectivity index (χ1v) is 13.3. The van der Waals surface area contributed by atoms with E-state index in [-0.39, 0.29) is 6.16 Å². The van der Waals surface area contributed by atoms with E-state index in [2.05, 4.69) is 100 Å². The average Bonchev–Trinajstić information content (AvgIpc) is 2.73. The van der Waals surface area contributed by atoms with Crippen molar-refractivity contribution in [3.8, 4) is 0 Å². The van der Waals surface area contributed by atoms with Crippen molar-refractivity contribution in [1.29, 1.82) is 0 Å². The monoisotopic (exact) mass is 434 g/mol. The van der Waals surface area contributed by atoms with Crippen LogP contribution in [0.4, 0.5) is 0 Å². The molecule has 162 valence electrons. The molecule has 0 amide bonds. The van der Waals surface area contributed by atoms with Crippen LogP contribution in [0.3, 0.4) is 0 Å². The van der Waals surface area contributed by atoms with Crippen molar-refractivity contribution in [3.05, 3.63) is 89.5 Å². The number of hydrogen-bond donors (Lipinski definition) is 0. The van der Waals surface area contributed by atoms with Crippen molar-refractivity contribution in [2.75, 3.05) is 12.3 Å². The summed E-state index contributed by atoms with van der Waals surface area (Å²) in [6, 6.07) is 25.5. The average molecular weight is 435 g/mol. The van der Waals surface area contributed by atoms with E-state index in [9.17, 15) is 9.59 Å². The third-order valence-corrected chi connectivity index (χ3v) is 13.4. The Morgan fingerprint density at radius 3 is 1.26 bits per heavy atom. The topological polar surface area (TPSA) is 43.4 Å². The van der Waals surface area contributed by atoms with Gasteiger partial charge in [-0.1, -0.05) is 0 Å². The molecule has 0 aromatic heterocycles. The van der Waals surface area contributed by atoms with E-state index in [4.69, 9.17) is 4.74 Å². The van der Waals surface area contributed by atoms with Gasteiger partial charge < -0.3 is 0 Å². The van der Waals surface area contributed by atoms with Crippen LogP contribution >= 0.6 is 6.60 Å². The van der Waals surface area contributed by atoms with Crippen LogP contribution in [0.15, 0.2) is 72.8 Å². The fraction of sp³-hybridized carbons (Fsp3) is 0.259. The Balaban J connectivity index is 2.45. The van der Waals surface area contributed by atoms with Crippen molar-refractivity contribution in [2.45, 2.75) is 34.6 Å². The molecule has 0 fully saturated rings. The second kappa shape index (κ2) is 8.77. The molecule has 0 atom stereocenters. The van der Waals surface area contributed by atoms with E-state index in [1.807, 2.05) is 0 Å². The van der Waals surface area contributed by atoms with Gasteiger partial charge in [0.2, 0.25) is 0 Å². The molecule has 3 rings (SSSR count). The molecular weight excluding hydrogens is 403 g/mol. The van der Waals surface area contributed by atoms with E-state index >= 15 is 0 Å². The van der Waals surface area contributed by atoms with E-state index in [0.717, 1.165) is 38.8 Å². The normalized spacial score (nSPS) is 12.6. The minimum absolute atomic E-state index is 0.150. The van der Waals surface area contributed by atoms with Gasteiger partial charge in [-0.3, -0.25) is 0 Å². The molecule has 0 spiro atoms. The quantitative estimate of drug-likeness (QED) is 0.325. The van der Waals surface area contributed by atoms with Crippen LogP contribution in [0, 0.1) is 20.8 Å². The van der Waals surface area contributed by atoms with E-state index < -0.39 is 18.5 Å². The van der Waals surface area contributed by atoms with Crippen LogP contribution in [0.1, 0.15) is 30.5 Å². The maximum atomic E-state index is 13.1. The molecule has 3 nitrogen and oxygen atoms in total. The van der Waals surface area contributed by atoms with Crippen molar-refractivity contribution >= 4 is 34.5 Å². The van der Waals surface area contributed by atoms with Gasteiger partial charge in [-0.15, -0.1) is 0 Å². The van der Waals surface area contributed by atoms with Gasteiger partial charge in [0.15, 0.2) is 0 Å². The number of aryl methyl sites for hydroxylation is 3. The zero-order chi connectivity index (χ0) is 22.7. The van der Waals surface area contributed by atoms with E-state index in [1.165, 1.54) is 6.92 Å². The second-order valence-electron chi connectivity index (χ2n) is 8.45. The summed E-state index contributed by atoms with van der Waals surface area (Å²) in [4.78, 5) is 24.8. The van der Waals surface area contributed by atoms with Gasteiger partial charge in [0.05, 0.1) is 0 Å². The second-order valence-corrected chi connectivity index (χ2v) is 14.0. The summed E-state index contributed by atoms with van der Waals surface area (Å²) in [5.74, 6) is -1.05. The molecule has 0 N–H and O–H groups in total. The third-order valence-electron chi connectivity index (χ3n) is 6.41. The Morgan fingerprint density at radius 1 is 0.677 bits per heavy atom. The minimum atomic E-state index is -3.29. The van der Waals surface area contributed by atoms with Crippen LogP contribution in [-0.4, -0.2) is 24.3 Å². The number of benzene rings is 3. The van der Waals surface area contributed by atoms with E-state index in [0.29, 0.717) is 0 Å². The first kappa shape index (κ1) is 22.9. The predicted octanol–water partition coefficient (Wildman–Crippen LogP) is 4.55. The van der Waals surface area contributed by atoms with E-state index in [1.54, 1.807) is 0 Å². The maximum absolute atomic E-state index is 13.1. The SMILES string of the molecule is CCP(CC(=O)OC(C)=O)(c1ccc(C)cc1)(c1ccc(C)cc1)c1ccc(C)cc1. The summed E-state index contributed by atoms with van der Waals surface area (Å²) in [6.45, 7) is 6.32. The Labute approximate surface area is 185 Å². The van der Waals surface area contributed by atoms with Gasteiger partial charge in [-0.05, 0) is 0 Å². The van der Waals surface area contributed by atoms with Crippen LogP contribution in [-0.2, 0) is 14.3 Å². The number of carbonyl (C=O) groups is 2. The summed E-state index contributed by atoms with van der Waals surface area (Å²) in [7, 11) is 0. The molecule has 0 heterocycles. The molecule has 3 aromatic rings. The van der Waals surface area contributed by atoms with Crippen molar-refractivity contribution in [1.82, 2.24) is 0 Å². The Kier molecular flexibility index (Phi) is 6.48. The molecule has 0 aliphatic carbocycles. The van der Waals surface area contributed by atoms with Crippen LogP contribution in [0.5, 0.6) is 0 Å². The zero-order valence-corrected chi connectivity index (χ0v) is 19.9. The number of carbonyl (C=O) groups excluding carboxylic acids is 2. The Morgan fingerprint density at radius 2 is 1.00 bits per heavy atom. The zero-order valence-electron chi connectivity index (χ0n) is 19.0. The molecule has 0 saturated heterocycles. The number of rotatable bonds is 6. The molecule has 0 aliphatic heterocycles. The molecule has 0 aliphatic rings. The van der Waals surface area contributed by atoms with Gasteiger partial charge >= 0.3 is 185 Å². The van der Waals surface area contributed by atoms with Gasteiger partial charge in [0, 0.05) is 0 Å². The molecule has 3 aromatic carbocycles. The summed E-state index contributed by atoms with van der Waals surface area (Å²) in [5, 5.41) is 3.40. The van der Waals surface area contributed by atoms with Crippen molar-refractivity contribution < 1.29 is 14.3 Å². The summed E-state index contributed by atoms with van der Waals surface area (Å²) in [5.41, 5.74) is 3.49. The Hall–Kier alpha value is -2.77. The molecular formula is C27H31O3P. The first-order chi connectivity index (χ1) is 14.7. The van der Waals surface area contributed by atoms with Crippen LogP contribution in [0.25, 0.3) is 0 Å². The van der Waals surface area contributed by atoms with Crippen molar-refractivity contribution in [2.24, 2.45) is 0 Å². The van der Waals surface area contributed by atoms with Gasteiger partial charge in [0.1, 0.15) is 0 Å². The summed E-state index contributed by atoms with van der Waals surface area (Å²) >= 11 is 0. The fourth-order valence-corrected chi connectivity index (χ4v) is 10.6. The third kappa shape index (κ3) is 4.07. The first-order valence-electron chi connectivity index (χ1n) is 10.6. The van der Waals surface area contributed by atoms with Gasteiger partial charge in [-0.2, -0.15) is 0 Å².